The number of carbonyl (C=O) groups is 2. The second kappa shape index (κ2) is 22.4. The van der Waals surface area contributed by atoms with Crippen LogP contribution in [0.2, 0.25) is 0 Å². The summed E-state index contributed by atoms with van der Waals surface area (Å²) in [7, 11) is -5.00. The highest BCUT2D eigenvalue weighted by Crippen LogP contribution is 2.35. The number of rotatable bonds is 13. The molecule has 4 aromatic heterocycles. The van der Waals surface area contributed by atoms with E-state index in [0.29, 0.717) is 56.3 Å². The molecule has 0 saturated carbocycles. The Morgan fingerprint density at radius 1 is 0.687 bits per heavy atom. The van der Waals surface area contributed by atoms with Crippen molar-refractivity contribution < 1.29 is 49.8 Å². The molecule has 67 heavy (non-hydrogen) atoms. The summed E-state index contributed by atoms with van der Waals surface area (Å²) < 4.78 is 87.8. The minimum Gasteiger partial charge on any atom is -0.481 e. The predicted octanol–water partition coefficient (Wildman–Crippen LogP) is 6.04. The number of carboxylic acids is 1. The van der Waals surface area contributed by atoms with Gasteiger partial charge in [-0.05, 0) is 119 Å². The second-order valence-corrected chi connectivity index (χ2v) is 18.7. The largest absolute Gasteiger partial charge is 0.481 e. The molecule has 6 aromatic rings. The van der Waals surface area contributed by atoms with Crippen molar-refractivity contribution in [3.63, 3.8) is 0 Å². The Morgan fingerprint density at radius 3 is 1.48 bits per heavy atom. The number of sulfonamides is 2. The normalized spacial score (nSPS) is 11.2. The van der Waals surface area contributed by atoms with Crippen molar-refractivity contribution in [2.75, 3.05) is 14.2 Å². The minimum absolute atomic E-state index is 0.0209. The van der Waals surface area contributed by atoms with Crippen LogP contribution in [0.3, 0.4) is 0 Å². The third-order valence-electron chi connectivity index (χ3n) is 9.89. The van der Waals surface area contributed by atoms with Crippen LogP contribution in [-0.2, 0) is 42.5 Å². The lowest BCUT2D eigenvalue weighted by atomic mass is 9.88. The number of nitrogens with zero attached hydrogens (tertiary/aromatic N) is 2. The fourth-order valence-electron chi connectivity index (χ4n) is 6.91. The number of hydrogen-bond acceptors (Lipinski definition) is 12. The van der Waals surface area contributed by atoms with E-state index in [1.807, 2.05) is 32.4 Å². The Labute approximate surface area is 385 Å². The van der Waals surface area contributed by atoms with E-state index in [2.05, 4.69) is 19.9 Å². The Balaban J connectivity index is 0.000000246. The van der Waals surface area contributed by atoms with Gasteiger partial charge in [-0.25, -0.2) is 45.4 Å². The summed E-state index contributed by atoms with van der Waals surface area (Å²) >= 11 is 0. The van der Waals surface area contributed by atoms with Gasteiger partial charge in [0, 0.05) is 48.0 Å². The maximum absolute atomic E-state index is 14.5. The quantitative estimate of drug-likeness (QED) is 0.0884. The first-order valence-electron chi connectivity index (χ1n) is 20.2. The lowest BCUT2D eigenvalue weighted by Gasteiger charge is -2.18. The summed E-state index contributed by atoms with van der Waals surface area (Å²) in [6.07, 6.45) is 2.59. The average Bonchev–Trinajstić information content (AvgIpc) is 3.24. The van der Waals surface area contributed by atoms with Crippen molar-refractivity contribution in [3.8, 4) is 34.0 Å². The molecule has 0 spiro atoms. The fourth-order valence-corrected chi connectivity index (χ4v) is 8.83. The first kappa shape index (κ1) is 52.5. The summed E-state index contributed by atoms with van der Waals surface area (Å²) in [5, 5.41) is 14.0. The average molecular weight is 965 g/mol. The number of aliphatic carboxylic acids is 1. The molecule has 0 saturated heterocycles. The molecule has 0 aliphatic heterocycles. The first-order chi connectivity index (χ1) is 31.3. The molecule has 0 aliphatic carbocycles. The molecule has 2 aromatic carbocycles. The number of aromatic nitrogens is 4. The standard InChI is InChI=1S/C23H24FN3O5S.C17H18FNO3.C6H8N2O3S/c1-13(2)17-10-16(24)11-18(15-7-8-25-23(9-15)32-4)19(17)12-22(29)27-33(30,31)20-5-6-21(28)26-14(20)3;1-10(2)13-7-12(18)8-14(15(13)9-17(20)21)11-4-5-19-16(6-11)22-3;1-4-5(12(7,10)11)2-3-6(9)8-4/h5-11,13H,12H2,1-4H3,(H,26,28)(H,27,29);4-8,10H,9H2,1-3H3,(H,20,21);2-3H,1H3,(H,8,9)(H2,7,10,11). The summed E-state index contributed by atoms with van der Waals surface area (Å²) in [5.74, 6) is -2.01. The third kappa shape index (κ3) is 14.2. The molecule has 0 aliphatic rings. The van der Waals surface area contributed by atoms with Crippen LogP contribution in [0.25, 0.3) is 22.3 Å². The number of pyridine rings is 4. The van der Waals surface area contributed by atoms with Gasteiger partial charge >= 0.3 is 5.97 Å². The van der Waals surface area contributed by atoms with E-state index in [0.717, 1.165) is 18.2 Å². The number of carboxylic acid groups (broad SMARTS) is 1. The lowest BCUT2D eigenvalue weighted by molar-refractivity contribution is -0.136. The maximum Gasteiger partial charge on any atom is 0.307 e. The lowest BCUT2D eigenvalue weighted by Crippen LogP contribution is -2.33. The van der Waals surface area contributed by atoms with E-state index in [1.54, 1.807) is 30.5 Å². The molecule has 1 amide bonds. The van der Waals surface area contributed by atoms with E-state index < -0.39 is 43.3 Å². The van der Waals surface area contributed by atoms with Crippen LogP contribution in [0.4, 0.5) is 8.78 Å². The molecular weight excluding hydrogens is 915 g/mol. The molecule has 4 heterocycles. The molecule has 356 valence electrons. The Bertz CT molecular complexity index is 3140. The molecule has 21 heteroatoms. The smallest absolute Gasteiger partial charge is 0.307 e. The van der Waals surface area contributed by atoms with Gasteiger partial charge in [0.15, 0.2) is 0 Å². The topological polar surface area (TPSA) is 271 Å². The summed E-state index contributed by atoms with van der Waals surface area (Å²) in [6, 6.07) is 16.6. The van der Waals surface area contributed by atoms with E-state index in [9.17, 15) is 49.9 Å². The van der Waals surface area contributed by atoms with Crippen LogP contribution in [0, 0.1) is 25.5 Å². The van der Waals surface area contributed by atoms with Gasteiger partial charge in [0.05, 0.1) is 27.1 Å². The predicted molar refractivity (Wildman–Crippen MR) is 246 cm³/mol. The summed E-state index contributed by atoms with van der Waals surface area (Å²) in [5.41, 5.74) is 4.21. The highest BCUT2D eigenvalue weighted by Gasteiger charge is 2.24. The first-order valence-corrected chi connectivity index (χ1v) is 23.2. The van der Waals surface area contributed by atoms with Crippen LogP contribution in [0.5, 0.6) is 11.8 Å². The number of benzene rings is 2. The Hall–Kier alpha value is -7.10. The van der Waals surface area contributed by atoms with Gasteiger partial charge < -0.3 is 24.5 Å². The SMILES string of the molecule is COc1cc(-c2cc(F)cc(C(C)C)c2CC(=O)NS(=O)(=O)c2ccc(=O)[nH]c2C)ccn1.COc1cc(-c2cc(F)cc(C(C)C)c2CC(=O)O)ccn1.Cc1[nH]c(=O)ccc1S(N)(=O)=O. The van der Waals surface area contributed by atoms with Gasteiger partial charge in [0.2, 0.25) is 38.8 Å². The number of nitrogens with one attached hydrogen (secondary N) is 3. The highest BCUT2D eigenvalue weighted by molar-refractivity contribution is 7.90. The van der Waals surface area contributed by atoms with Gasteiger partial charge in [0.25, 0.3) is 10.0 Å². The molecule has 6 N–H and O–H groups in total. The number of amides is 1. The molecule has 6 rings (SSSR count). The van der Waals surface area contributed by atoms with Crippen molar-refractivity contribution in [3.05, 3.63) is 151 Å². The van der Waals surface area contributed by atoms with Crippen LogP contribution in [0.15, 0.2) is 105 Å². The van der Waals surface area contributed by atoms with Crippen molar-refractivity contribution in [1.82, 2.24) is 24.7 Å². The maximum atomic E-state index is 14.5. The third-order valence-corrected chi connectivity index (χ3v) is 12.5. The van der Waals surface area contributed by atoms with Crippen molar-refractivity contribution in [2.24, 2.45) is 5.14 Å². The van der Waals surface area contributed by atoms with Gasteiger partial charge in [0.1, 0.15) is 21.4 Å². The van der Waals surface area contributed by atoms with E-state index in [1.165, 1.54) is 64.6 Å². The number of primary sulfonamides is 1. The monoisotopic (exact) mass is 964 g/mol. The van der Waals surface area contributed by atoms with E-state index in [4.69, 9.17) is 14.6 Å². The number of aryl methyl sites for hydroxylation is 2. The van der Waals surface area contributed by atoms with Gasteiger partial charge in [-0.2, -0.15) is 0 Å². The number of aromatic amines is 2. The number of methoxy groups -OCH3 is 2. The number of nitrogens with two attached hydrogens (primary N) is 1. The van der Waals surface area contributed by atoms with Crippen molar-refractivity contribution in [2.45, 2.75) is 76.0 Å². The molecule has 17 nitrogen and oxygen atoms in total. The Kier molecular flexibility index (Phi) is 17.6. The molecule has 0 radical (unpaired) electrons. The molecule has 0 atom stereocenters. The van der Waals surface area contributed by atoms with Crippen molar-refractivity contribution in [1.29, 1.82) is 0 Å². The highest BCUT2D eigenvalue weighted by atomic mass is 32.2. The van der Waals surface area contributed by atoms with Crippen LogP contribution < -0.4 is 30.5 Å². The number of hydrogen-bond donors (Lipinski definition) is 5. The van der Waals surface area contributed by atoms with Crippen LogP contribution in [0.1, 0.15) is 73.2 Å². The Morgan fingerprint density at radius 2 is 1.10 bits per heavy atom. The van der Waals surface area contributed by atoms with E-state index in [-0.39, 0.29) is 57.2 Å². The molecule has 0 unspecified atom stereocenters. The number of ether oxygens (including phenoxy) is 2. The second-order valence-electron chi connectivity index (χ2n) is 15.5. The number of H-pyrrole nitrogens is 2. The molecule has 0 fully saturated rings. The van der Waals surface area contributed by atoms with Gasteiger partial charge in [-0.3, -0.25) is 19.2 Å². The van der Waals surface area contributed by atoms with Crippen LogP contribution in [-0.4, -0.2) is 68.0 Å². The van der Waals surface area contributed by atoms with E-state index >= 15 is 0 Å². The minimum atomic E-state index is -4.23. The number of carbonyl (C=O) groups excluding carboxylic acids is 1. The zero-order valence-electron chi connectivity index (χ0n) is 37.7. The fraction of sp³-hybridized carbons (Fsp3) is 0.261. The van der Waals surface area contributed by atoms with Gasteiger partial charge in [-0.15, -0.1) is 0 Å². The number of halogens is 2. The summed E-state index contributed by atoms with van der Waals surface area (Å²) in [6.45, 7) is 10.4. The zero-order chi connectivity index (χ0) is 50.0. The zero-order valence-corrected chi connectivity index (χ0v) is 39.4. The van der Waals surface area contributed by atoms with Crippen molar-refractivity contribution >= 4 is 31.9 Å². The summed E-state index contributed by atoms with van der Waals surface area (Å²) in [4.78, 5) is 58.7. The molecular formula is C46H50F2N6O11S2. The van der Waals surface area contributed by atoms with Gasteiger partial charge in [-0.1, -0.05) is 27.7 Å². The van der Waals surface area contributed by atoms with Crippen LogP contribution >= 0.6 is 0 Å². The molecule has 0 bridgehead atoms.